The molecule has 3 nitrogen and oxygen atoms in total. The van der Waals surface area contributed by atoms with E-state index in [0.717, 1.165) is 32.1 Å². The topological polar surface area (TPSA) is 29.5 Å². The van der Waals surface area contributed by atoms with Gasteiger partial charge in [-0.05, 0) is 32.1 Å². The fourth-order valence-electron chi connectivity index (χ4n) is 2.55. The zero-order valence-electron chi connectivity index (χ0n) is 9.58. The third kappa shape index (κ3) is 2.51. The Morgan fingerprint density at radius 2 is 2.27 bits per heavy atom. The molecule has 0 spiro atoms. The quantitative estimate of drug-likeness (QED) is 0.718. The van der Waals surface area contributed by atoms with E-state index in [1.807, 2.05) is 0 Å². The maximum atomic E-state index is 11.6. The minimum atomic E-state index is 0.201. The normalized spacial score (nSPS) is 31.5. The zero-order valence-corrected chi connectivity index (χ0v) is 9.58. The SMILES string of the molecule is CCCC[C@H]1CC[C@H]2CCCC(=O)N2O1. The molecule has 0 aromatic carbocycles. The van der Waals surface area contributed by atoms with Crippen LogP contribution in [0.3, 0.4) is 0 Å². The van der Waals surface area contributed by atoms with Crippen molar-refractivity contribution in [2.45, 2.75) is 70.4 Å². The summed E-state index contributed by atoms with van der Waals surface area (Å²) in [7, 11) is 0. The van der Waals surface area contributed by atoms with Gasteiger partial charge >= 0.3 is 0 Å². The third-order valence-corrected chi connectivity index (χ3v) is 3.47. The molecule has 0 N–H and O–H groups in total. The summed E-state index contributed by atoms with van der Waals surface area (Å²) in [5.74, 6) is 0.201. The first-order valence-electron chi connectivity index (χ1n) is 6.30. The Bertz CT molecular complexity index is 230. The second kappa shape index (κ2) is 4.97. The van der Waals surface area contributed by atoms with Crippen LogP contribution in [0.25, 0.3) is 0 Å². The van der Waals surface area contributed by atoms with E-state index in [2.05, 4.69) is 6.92 Å². The fraction of sp³-hybridized carbons (Fsp3) is 0.917. The van der Waals surface area contributed by atoms with E-state index in [9.17, 15) is 4.79 Å². The fourth-order valence-corrected chi connectivity index (χ4v) is 2.55. The Labute approximate surface area is 91.7 Å². The van der Waals surface area contributed by atoms with E-state index in [4.69, 9.17) is 4.84 Å². The van der Waals surface area contributed by atoms with Gasteiger partial charge in [0.15, 0.2) is 0 Å². The van der Waals surface area contributed by atoms with Crippen molar-refractivity contribution in [3.05, 3.63) is 0 Å². The van der Waals surface area contributed by atoms with Crippen molar-refractivity contribution in [1.29, 1.82) is 0 Å². The van der Waals surface area contributed by atoms with Gasteiger partial charge in [0.2, 0.25) is 5.91 Å². The maximum absolute atomic E-state index is 11.6. The molecule has 2 aliphatic rings. The summed E-state index contributed by atoms with van der Waals surface area (Å²) in [6.45, 7) is 2.19. The van der Waals surface area contributed by atoms with Gasteiger partial charge < -0.3 is 0 Å². The van der Waals surface area contributed by atoms with Crippen molar-refractivity contribution in [2.24, 2.45) is 0 Å². The highest BCUT2D eigenvalue weighted by atomic mass is 16.7. The highest BCUT2D eigenvalue weighted by molar-refractivity contribution is 5.76. The minimum Gasteiger partial charge on any atom is -0.273 e. The van der Waals surface area contributed by atoms with Crippen LogP contribution < -0.4 is 0 Å². The smallest absolute Gasteiger partial charge is 0.246 e. The molecule has 2 atom stereocenters. The van der Waals surface area contributed by atoms with Crippen molar-refractivity contribution in [1.82, 2.24) is 5.06 Å². The first-order valence-corrected chi connectivity index (χ1v) is 6.30. The summed E-state index contributed by atoms with van der Waals surface area (Å²) in [6, 6.07) is 0.379. The van der Waals surface area contributed by atoms with E-state index < -0.39 is 0 Å². The van der Waals surface area contributed by atoms with Crippen molar-refractivity contribution in [3.8, 4) is 0 Å². The number of nitrogens with zero attached hydrogens (tertiary/aromatic N) is 1. The lowest BCUT2D eigenvalue weighted by Crippen LogP contribution is -2.49. The number of carbonyl (C=O) groups excluding carboxylic acids is 1. The summed E-state index contributed by atoms with van der Waals surface area (Å²) >= 11 is 0. The van der Waals surface area contributed by atoms with Crippen LogP contribution in [0, 0.1) is 0 Å². The lowest BCUT2D eigenvalue weighted by molar-refractivity contribution is -0.248. The molecule has 0 saturated carbocycles. The molecule has 0 aromatic rings. The second-order valence-corrected chi connectivity index (χ2v) is 4.71. The molecular weight excluding hydrogens is 190 g/mol. The minimum absolute atomic E-state index is 0.201. The van der Waals surface area contributed by atoms with Crippen LogP contribution in [-0.4, -0.2) is 23.1 Å². The van der Waals surface area contributed by atoms with Crippen LogP contribution in [0.15, 0.2) is 0 Å². The van der Waals surface area contributed by atoms with Gasteiger partial charge in [-0.1, -0.05) is 19.8 Å². The summed E-state index contributed by atoms with van der Waals surface area (Å²) in [6.07, 6.45) is 8.94. The molecular formula is C12H21NO2. The average Bonchev–Trinajstić information content (AvgIpc) is 2.27. The van der Waals surface area contributed by atoms with Crippen molar-refractivity contribution < 1.29 is 9.63 Å². The number of hydroxylamine groups is 2. The number of amides is 1. The third-order valence-electron chi connectivity index (χ3n) is 3.47. The largest absolute Gasteiger partial charge is 0.273 e. The van der Waals surface area contributed by atoms with Gasteiger partial charge in [0.05, 0.1) is 12.1 Å². The van der Waals surface area contributed by atoms with E-state index in [1.54, 1.807) is 5.06 Å². The van der Waals surface area contributed by atoms with Crippen molar-refractivity contribution in [2.75, 3.05) is 0 Å². The van der Waals surface area contributed by atoms with Gasteiger partial charge in [0.1, 0.15) is 0 Å². The zero-order chi connectivity index (χ0) is 10.7. The molecule has 0 aromatic heterocycles. The number of piperidine rings is 1. The number of rotatable bonds is 3. The Morgan fingerprint density at radius 3 is 3.07 bits per heavy atom. The molecule has 3 heteroatoms. The Balaban J connectivity index is 1.87. The lowest BCUT2D eigenvalue weighted by Gasteiger charge is -2.41. The molecule has 2 aliphatic heterocycles. The standard InChI is InChI=1S/C12H21NO2/c1-2-3-6-11-9-8-10-5-4-7-12(14)13(10)15-11/h10-11H,2-9H2,1H3/t10-,11+/m1/s1. The Morgan fingerprint density at radius 1 is 1.40 bits per heavy atom. The molecule has 0 aliphatic carbocycles. The molecule has 2 heterocycles. The molecule has 2 saturated heterocycles. The summed E-state index contributed by atoms with van der Waals surface area (Å²) in [5, 5.41) is 1.69. The molecule has 2 rings (SSSR count). The first-order chi connectivity index (χ1) is 7.31. The van der Waals surface area contributed by atoms with Gasteiger partial charge in [-0.25, -0.2) is 5.06 Å². The van der Waals surface area contributed by atoms with Crippen LogP contribution in [0.2, 0.25) is 0 Å². The van der Waals surface area contributed by atoms with E-state index in [0.29, 0.717) is 18.6 Å². The Hall–Kier alpha value is -0.570. The van der Waals surface area contributed by atoms with Gasteiger partial charge in [-0.15, -0.1) is 0 Å². The summed E-state index contributed by atoms with van der Waals surface area (Å²) < 4.78 is 0. The predicted octanol–water partition coefficient (Wildman–Crippen LogP) is 2.65. The van der Waals surface area contributed by atoms with Crippen molar-refractivity contribution >= 4 is 5.91 Å². The van der Waals surface area contributed by atoms with E-state index in [-0.39, 0.29) is 5.91 Å². The number of carbonyl (C=O) groups is 1. The highest BCUT2D eigenvalue weighted by Gasteiger charge is 2.34. The molecule has 2 fully saturated rings. The predicted molar refractivity (Wildman–Crippen MR) is 58.1 cm³/mol. The summed E-state index contributed by atoms with van der Waals surface area (Å²) in [5.41, 5.74) is 0. The average molecular weight is 211 g/mol. The monoisotopic (exact) mass is 211 g/mol. The first kappa shape index (κ1) is 10.9. The maximum Gasteiger partial charge on any atom is 0.246 e. The molecule has 1 amide bonds. The lowest BCUT2D eigenvalue weighted by atomic mass is 9.95. The van der Waals surface area contributed by atoms with Crippen LogP contribution >= 0.6 is 0 Å². The van der Waals surface area contributed by atoms with Crippen LogP contribution in [0.1, 0.15) is 58.3 Å². The molecule has 0 unspecified atom stereocenters. The van der Waals surface area contributed by atoms with Gasteiger partial charge in [0.25, 0.3) is 0 Å². The van der Waals surface area contributed by atoms with Crippen LogP contribution in [0.4, 0.5) is 0 Å². The molecule has 0 bridgehead atoms. The molecule has 86 valence electrons. The van der Waals surface area contributed by atoms with Crippen LogP contribution in [0.5, 0.6) is 0 Å². The molecule has 15 heavy (non-hydrogen) atoms. The molecule has 0 radical (unpaired) electrons. The van der Waals surface area contributed by atoms with Gasteiger partial charge in [-0.3, -0.25) is 9.63 Å². The van der Waals surface area contributed by atoms with E-state index in [1.165, 1.54) is 12.8 Å². The number of hydrogen-bond donors (Lipinski definition) is 0. The Kier molecular flexibility index (Phi) is 3.62. The van der Waals surface area contributed by atoms with Crippen molar-refractivity contribution in [3.63, 3.8) is 0 Å². The van der Waals surface area contributed by atoms with Gasteiger partial charge in [0, 0.05) is 6.42 Å². The number of fused-ring (bicyclic) bond motifs is 1. The van der Waals surface area contributed by atoms with Gasteiger partial charge in [-0.2, -0.15) is 0 Å². The van der Waals surface area contributed by atoms with E-state index >= 15 is 0 Å². The van der Waals surface area contributed by atoms with Crippen LogP contribution in [-0.2, 0) is 9.63 Å². The summed E-state index contributed by atoms with van der Waals surface area (Å²) in [4.78, 5) is 17.4. The highest BCUT2D eigenvalue weighted by Crippen LogP contribution is 2.30. The number of hydrogen-bond acceptors (Lipinski definition) is 2. The number of unbranched alkanes of at least 4 members (excludes halogenated alkanes) is 1. The second-order valence-electron chi connectivity index (χ2n) is 4.71.